The summed E-state index contributed by atoms with van der Waals surface area (Å²) in [5.74, 6) is 0. The maximum Gasteiger partial charge on any atom is 0.187 e. The first-order valence-corrected chi connectivity index (χ1v) is 0. The first-order chi connectivity index (χ1) is 0. The van der Waals surface area contributed by atoms with E-state index in [-0.39, 0.29) is 87.0 Å². The van der Waals surface area contributed by atoms with Gasteiger partial charge >= 0.3 is 0 Å². The fourth-order valence-electron chi connectivity index (χ4n) is 0. The van der Waals surface area contributed by atoms with E-state index in [1.807, 2.05) is 0 Å². The monoisotopic (exact) mass is 216 g/mol. The zero-order valence-corrected chi connectivity index (χ0v) is 7.08. The van der Waals surface area contributed by atoms with Gasteiger partial charge in [0.05, 0.1) is 0 Å². The van der Waals surface area contributed by atoms with E-state index in [4.69, 9.17) is 0 Å². The Kier molecular flexibility index (Phi) is 122. The summed E-state index contributed by atoms with van der Waals surface area (Å²) in [5.41, 5.74) is 0. The molecule has 0 aromatic heterocycles. The van der Waals surface area contributed by atoms with Crippen LogP contribution in [0.25, 0.3) is 0 Å². The van der Waals surface area contributed by atoms with E-state index >= 15 is 0 Å². The molecule has 0 rings (SSSR count). The molecule has 0 aromatic carbocycles. The molecule has 18 valence electrons. The van der Waals surface area contributed by atoms with E-state index in [1.165, 1.54) is 0 Å². The summed E-state index contributed by atoms with van der Waals surface area (Å²) in [6, 6.07) is 0. The van der Waals surface area contributed by atoms with Crippen LogP contribution in [0.5, 0.6) is 0 Å². The van der Waals surface area contributed by atoms with Crippen molar-refractivity contribution in [3.63, 3.8) is 0 Å². The molecular weight excluding hydrogens is 214 g/mol. The predicted octanol–water partition coefficient (Wildman–Crippen LogP) is -1.19. The summed E-state index contributed by atoms with van der Waals surface area (Å²) in [5, 5.41) is 0. The van der Waals surface area contributed by atoms with Gasteiger partial charge in [-0.2, -0.15) is 0 Å². The molecule has 0 N–H and O–H groups in total. The zero-order chi connectivity index (χ0) is 0. The maximum absolute atomic E-state index is 0. The summed E-state index contributed by atoms with van der Waals surface area (Å²) >= 11 is 0. The standard InChI is InChI=1S/Al.2Ti.Zr.3H. The smallest absolute Gasteiger partial charge is 0 e. The Morgan fingerprint density at radius 2 is 0.750 bits per heavy atom. The van der Waals surface area contributed by atoms with Crippen molar-refractivity contribution in [2.45, 2.75) is 0 Å². The molecule has 0 aromatic rings. The summed E-state index contributed by atoms with van der Waals surface area (Å²) < 4.78 is 0. The topological polar surface area (TPSA) is 0 Å². The average molecular weight is 217 g/mol. The van der Waals surface area contributed by atoms with Gasteiger partial charge in [-0.1, -0.05) is 0 Å². The quantitative estimate of drug-likeness (QED) is 0.447. The second-order valence-corrected chi connectivity index (χ2v) is 0. The van der Waals surface area contributed by atoms with Crippen LogP contribution < -0.4 is 0 Å². The molecule has 4 heavy (non-hydrogen) atoms. The van der Waals surface area contributed by atoms with Crippen molar-refractivity contribution in [3.05, 3.63) is 0 Å². The van der Waals surface area contributed by atoms with Gasteiger partial charge in [0.25, 0.3) is 0 Å². The number of rotatable bonds is 0. The van der Waals surface area contributed by atoms with Crippen LogP contribution in [0, 0.1) is 0 Å². The van der Waals surface area contributed by atoms with E-state index in [0.29, 0.717) is 0 Å². The van der Waals surface area contributed by atoms with Crippen LogP contribution in [0.2, 0.25) is 0 Å². The molecule has 0 saturated carbocycles. The second-order valence-electron chi connectivity index (χ2n) is 0. The predicted molar refractivity (Wildman–Crippen MR) is 9.94 cm³/mol. The minimum Gasteiger partial charge on any atom is 0 e. The molecule has 0 aliphatic rings. The molecular formula is H3AlTi2Zr. The van der Waals surface area contributed by atoms with E-state index in [2.05, 4.69) is 0 Å². The third-order valence-corrected chi connectivity index (χ3v) is 0. The third kappa shape index (κ3) is 8.85. The summed E-state index contributed by atoms with van der Waals surface area (Å²) in [6.45, 7) is 0. The molecule has 0 heterocycles. The van der Waals surface area contributed by atoms with Crippen molar-refractivity contribution in [1.29, 1.82) is 0 Å². The van der Waals surface area contributed by atoms with Gasteiger partial charge in [0.15, 0.2) is 17.4 Å². The molecule has 4 heteroatoms. The molecule has 0 aliphatic carbocycles. The summed E-state index contributed by atoms with van der Waals surface area (Å²) in [6.07, 6.45) is 0. The van der Waals surface area contributed by atoms with Crippen molar-refractivity contribution >= 4 is 17.4 Å². The van der Waals surface area contributed by atoms with Crippen LogP contribution in [0.4, 0.5) is 0 Å². The first-order valence-electron chi connectivity index (χ1n) is 0. The van der Waals surface area contributed by atoms with E-state index in [1.54, 1.807) is 0 Å². The Hall–Kier alpha value is 2.84. The first kappa shape index (κ1) is 28.9. The number of hydrogen-bond donors (Lipinski definition) is 0. The SMILES string of the molecule is [AlH3].[Ti].[Ti].[Zr]. The van der Waals surface area contributed by atoms with Gasteiger partial charge in [0, 0.05) is 69.6 Å². The summed E-state index contributed by atoms with van der Waals surface area (Å²) in [4.78, 5) is 0. The van der Waals surface area contributed by atoms with Gasteiger partial charge < -0.3 is 0 Å². The Morgan fingerprint density at radius 1 is 0.750 bits per heavy atom. The normalized spacial score (nSPS) is 0. The van der Waals surface area contributed by atoms with Crippen LogP contribution in [-0.4, -0.2) is 17.4 Å². The fraction of sp³-hybridized carbons (Fsp3) is 0. The van der Waals surface area contributed by atoms with E-state index < -0.39 is 0 Å². The molecule has 0 unspecified atom stereocenters. The van der Waals surface area contributed by atoms with E-state index in [0.717, 1.165) is 0 Å². The molecule has 0 saturated heterocycles. The molecule has 0 radical (unpaired) electrons. The average Bonchev–Trinajstić information content (AvgIpc) is 0. The largest absolute Gasteiger partial charge is 0.187 e. The van der Waals surface area contributed by atoms with Crippen LogP contribution in [0.3, 0.4) is 0 Å². The van der Waals surface area contributed by atoms with Crippen LogP contribution in [-0.2, 0) is 69.6 Å². The molecule has 0 fully saturated rings. The molecule has 0 nitrogen and oxygen atoms in total. The maximum atomic E-state index is 0. The van der Waals surface area contributed by atoms with Crippen LogP contribution in [0.1, 0.15) is 0 Å². The van der Waals surface area contributed by atoms with Crippen LogP contribution >= 0.6 is 0 Å². The zero-order valence-electron chi connectivity index (χ0n) is 1.50. The van der Waals surface area contributed by atoms with Gasteiger partial charge in [0.1, 0.15) is 0 Å². The Labute approximate surface area is 85.5 Å². The van der Waals surface area contributed by atoms with Gasteiger partial charge in [-0.25, -0.2) is 0 Å². The second kappa shape index (κ2) is 17.0. The molecule has 0 atom stereocenters. The molecule has 0 bridgehead atoms. The van der Waals surface area contributed by atoms with Gasteiger partial charge in [-0.05, 0) is 0 Å². The Balaban J connectivity index is 0. The van der Waals surface area contributed by atoms with Gasteiger partial charge in [-0.15, -0.1) is 0 Å². The minimum atomic E-state index is 0. The third-order valence-electron chi connectivity index (χ3n) is 0. The fourth-order valence-corrected chi connectivity index (χ4v) is 0. The van der Waals surface area contributed by atoms with Crippen molar-refractivity contribution in [1.82, 2.24) is 0 Å². The van der Waals surface area contributed by atoms with Crippen molar-refractivity contribution in [2.24, 2.45) is 0 Å². The molecule has 0 aliphatic heterocycles. The Morgan fingerprint density at radius 3 is 0.750 bits per heavy atom. The van der Waals surface area contributed by atoms with Crippen molar-refractivity contribution < 1.29 is 69.6 Å². The van der Waals surface area contributed by atoms with Crippen molar-refractivity contribution in [2.75, 3.05) is 0 Å². The molecule has 0 spiro atoms. The van der Waals surface area contributed by atoms with E-state index in [9.17, 15) is 0 Å². The summed E-state index contributed by atoms with van der Waals surface area (Å²) in [7, 11) is 0. The van der Waals surface area contributed by atoms with Gasteiger partial charge in [0.2, 0.25) is 0 Å². The van der Waals surface area contributed by atoms with Crippen molar-refractivity contribution in [3.8, 4) is 0 Å². The van der Waals surface area contributed by atoms with Crippen LogP contribution in [0.15, 0.2) is 0 Å². The van der Waals surface area contributed by atoms with Gasteiger partial charge in [-0.3, -0.25) is 0 Å². The minimum absolute atomic E-state index is 0. The molecule has 0 amide bonds. The number of hydrogen-bond acceptors (Lipinski definition) is 0. The Bertz CT molecular complexity index is 6.00.